The second kappa shape index (κ2) is 14.9. The van der Waals surface area contributed by atoms with Crippen LogP contribution in [-0.4, -0.2) is 43.8 Å². The second-order valence-corrected chi connectivity index (χ2v) is 13.6. The summed E-state index contributed by atoms with van der Waals surface area (Å²) in [5.41, 5.74) is 1.88. The smallest absolute Gasteiger partial charge is 0.264 e. The van der Waals surface area contributed by atoms with Crippen molar-refractivity contribution >= 4 is 50.7 Å². The lowest BCUT2D eigenvalue weighted by Crippen LogP contribution is -2.54. The molecule has 4 aromatic carbocycles. The zero-order valence-corrected chi connectivity index (χ0v) is 27.4. The molecule has 7 nitrogen and oxygen atoms in total. The first-order valence-electron chi connectivity index (χ1n) is 14.3. The number of benzene rings is 4. The molecule has 0 saturated heterocycles. The van der Waals surface area contributed by atoms with Crippen LogP contribution in [0.3, 0.4) is 0 Å². The molecule has 0 fully saturated rings. The van der Waals surface area contributed by atoms with Gasteiger partial charge < -0.3 is 10.2 Å². The zero-order valence-electron chi connectivity index (χ0n) is 25.1. The molecular formula is C34H34Cl2FN3O4S. The summed E-state index contributed by atoms with van der Waals surface area (Å²) in [4.78, 5) is 29.3. The Morgan fingerprint density at radius 2 is 1.49 bits per heavy atom. The highest BCUT2D eigenvalue weighted by molar-refractivity contribution is 7.92. The van der Waals surface area contributed by atoms with Gasteiger partial charge in [-0.05, 0) is 68.3 Å². The highest BCUT2D eigenvalue weighted by Gasteiger charge is 2.35. The molecule has 0 aliphatic heterocycles. The van der Waals surface area contributed by atoms with Crippen molar-refractivity contribution in [3.05, 3.63) is 130 Å². The Labute approximate surface area is 273 Å². The molecular weight excluding hydrogens is 636 g/mol. The number of carbonyl (C=O) groups excluding carboxylic acids is 2. The van der Waals surface area contributed by atoms with E-state index < -0.39 is 40.2 Å². The molecule has 0 radical (unpaired) electrons. The van der Waals surface area contributed by atoms with Gasteiger partial charge in [-0.15, -0.1) is 0 Å². The fourth-order valence-electron chi connectivity index (χ4n) is 4.77. The molecule has 0 bridgehead atoms. The van der Waals surface area contributed by atoms with Crippen molar-refractivity contribution in [2.24, 2.45) is 0 Å². The SMILES string of the molecule is Cc1ccc(S(=O)(=O)N(CC(=O)N(Cc2ccc(Cl)c(Cl)c2)C(Cc2ccccc2)C(=O)NC(C)C)c2ccccc2F)cc1. The maximum absolute atomic E-state index is 15.2. The van der Waals surface area contributed by atoms with E-state index in [-0.39, 0.29) is 34.6 Å². The number of carbonyl (C=O) groups is 2. The first-order chi connectivity index (χ1) is 21.4. The van der Waals surface area contributed by atoms with Gasteiger partial charge in [0.2, 0.25) is 11.8 Å². The maximum Gasteiger partial charge on any atom is 0.264 e. The van der Waals surface area contributed by atoms with E-state index in [0.29, 0.717) is 10.6 Å². The number of para-hydroxylation sites is 1. The van der Waals surface area contributed by atoms with E-state index in [1.807, 2.05) is 37.3 Å². The van der Waals surface area contributed by atoms with Gasteiger partial charge in [0.1, 0.15) is 18.4 Å². The van der Waals surface area contributed by atoms with Crippen LogP contribution in [0.5, 0.6) is 0 Å². The third-order valence-corrected chi connectivity index (χ3v) is 9.56. The van der Waals surface area contributed by atoms with Gasteiger partial charge in [-0.2, -0.15) is 0 Å². The van der Waals surface area contributed by atoms with Gasteiger partial charge in [0.25, 0.3) is 10.0 Å². The van der Waals surface area contributed by atoms with Gasteiger partial charge in [-0.25, -0.2) is 12.8 Å². The normalized spacial score (nSPS) is 12.1. The predicted octanol–water partition coefficient (Wildman–Crippen LogP) is 6.80. The number of aryl methyl sites for hydroxylation is 1. The van der Waals surface area contributed by atoms with E-state index in [0.717, 1.165) is 21.5 Å². The van der Waals surface area contributed by atoms with Crippen molar-refractivity contribution in [3.63, 3.8) is 0 Å². The lowest BCUT2D eigenvalue weighted by molar-refractivity contribution is -0.140. The minimum absolute atomic E-state index is 0.103. The highest BCUT2D eigenvalue weighted by atomic mass is 35.5. The molecule has 0 aromatic heterocycles. The standard InChI is InChI=1S/C34H34Cl2FN3O4S/c1-23(2)38-34(42)32(20-25-9-5-4-6-10-25)39(21-26-15-18-28(35)29(36)19-26)33(41)22-40(31-12-8-7-11-30(31)37)45(43,44)27-16-13-24(3)14-17-27/h4-19,23,32H,20-22H2,1-3H3,(H,38,42). The summed E-state index contributed by atoms with van der Waals surface area (Å²) in [7, 11) is -4.42. The number of hydrogen-bond acceptors (Lipinski definition) is 4. The average molecular weight is 671 g/mol. The van der Waals surface area contributed by atoms with E-state index in [4.69, 9.17) is 23.2 Å². The van der Waals surface area contributed by atoms with Gasteiger partial charge in [0.15, 0.2) is 0 Å². The Balaban J connectivity index is 1.83. The summed E-state index contributed by atoms with van der Waals surface area (Å²) in [6, 6.07) is 24.1. The number of anilines is 1. The Morgan fingerprint density at radius 1 is 0.844 bits per heavy atom. The summed E-state index contributed by atoms with van der Waals surface area (Å²) < 4.78 is 44.0. The predicted molar refractivity (Wildman–Crippen MR) is 176 cm³/mol. The summed E-state index contributed by atoms with van der Waals surface area (Å²) in [5, 5.41) is 3.45. The second-order valence-electron chi connectivity index (χ2n) is 10.9. The van der Waals surface area contributed by atoms with Crippen molar-refractivity contribution in [3.8, 4) is 0 Å². The zero-order chi connectivity index (χ0) is 32.7. The van der Waals surface area contributed by atoms with Gasteiger partial charge >= 0.3 is 0 Å². The molecule has 0 saturated carbocycles. The molecule has 1 unspecified atom stereocenters. The molecule has 45 heavy (non-hydrogen) atoms. The first kappa shape index (κ1) is 34.0. The average Bonchev–Trinajstić information content (AvgIpc) is 3.00. The van der Waals surface area contributed by atoms with Crippen LogP contribution in [0.2, 0.25) is 10.0 Å². The van der Waals surface area contributed by atoms with E-state index in [2.05, 4.69) is 5.32 Å². The molecule has 2 amide bonds. The van der Waals surface area contributed by atoms with E-state index in [1.165, 1.54) is 35.2 Å². The highest BCUT2D eigenvalue weighted by Crippen LogP contribution is 2.28. The van der Waals surface area contributed by atoms with Crippen molar-refractivity contribution in [2.75, 3.05) is 10.8 Å². The summed E-state index contributed by atoms with van der Waals surface area (Å²) in [6.45, 7) is 4.53. The summed E-state index contributed by atoms with van der Waals surface area (Å²) in [6.07, 6.45) is 0.136. The molecule has 0 aliphatic rings. The third kappa shape index (κ3) is 8.63. The Hall–Kier alpha value is -3.92. The topological polar surface area (TPSA) is 86.8 Å². The van der Waals surface area contributed by atoms with E-state index in [9.17, 15) is 18.0 Å². The number of hydrogen-bond donors (Lipinski definition) is 1. The fraction of sp³-hybridized carbons (Fsp3) is 0.235. The summed E-state index contributed by atoms with van der Waals surface area (Å²) in [5.74, 6) is -1.98. The molecule has 4 aromatic rings. The third-order valence-electron chi connectivity index (χ3n) is 7.05. The van der Waals surface area contributed by atoms with Crippen molar-refractivity contribution in [1.29, 1.82) is 0 Å². The van der Waals surface area contributed by atoms with Crippen LogP contribution < -0.4 is 9.62 Å². The number of amides is 2. The van der Waals surface area contributed by atoms with E-state index in [1.54, 1.807) is 44.2 Å². The molecule has 0 heterocycles. The van der Waals surface area contributed by atoms with Crippen molar-refractivity contribution in [1.82, 2.24) is 10.2 Å². The minimum Gasteiger partial charge on any atom is -0.352 e. The maximum atomic E-state index is 15.2. The number of halogens is 3. The quantitative estimate of drug-likeness (QED) is 0.180. The minimum atomic E-state index is -4.42. The van der Waals surface area contributed by atoms with Crippen LogP contribution in [-0.2, 0) is 32.6 Å². The Morgan fingerprint density at radius 3 is 2.11 bits per heavy atom. The van der Waals surface area contributed by atoms with Crippen molar-refractivity contribution in [2.45, 2.75) is 50.7 Å². The van der Waals surface area contributed by atoms with Crippen LogP contribution >= 0.6 is 23.2 Å². The van der Waals surface area contributed by atoms with E-state index >= 15 is 4.39 Å². The molecule has 236 valence electrons. The van der Waals surface area contributed by atoms with Gasteiger partial charge in [0.05, 0.1) is 20.6 Å². The van der Waals surface area contributed by atoms with Crippen molar-refractivity contribution < 1.29 is 22.4 Å². The summed E-state index contributed by atoms with van der Waals surface area (Å²) >= 11 is 12.4. The van der Waals surface area contributed by atoms with Gasteiger partial charge in [0, 0.05) is 19.0 Å². The molecule has 4 rings (SSSR count). The lowest BCUT2D eigenvalue weighted by atomic mass is 10.0. The van der Waals surface area contributed by atoms with Crippen LogP contribution in [0.4, 0.5) is 10.1 Å². The number of nitrogens with one attached hydrogen (secondary N) is 1. The monoisotopic (exact) mass is 669 g/mol. The lowest BCUT2D eigenvalue weighted by Gasteiger charge is -2.34. The Bertz CT molecular complexity index is 1750. The van der Waals surface area contributed by atoms with Crippen LogP contribution in [0, 0.1) is 12.7 Å². The van der Waals surface area contributed by atoms with Crippen LogP contribution in [0.25, 0.3) is 0 Å². The van der Waals surface area contributed by atoms with Crippen LogP contribution in [0.15, 0.2) is 102 Å². The molecule has 11 heteroatoms. The number of nitrogens with zero attached hydrogens (tertiary/aromatic N) is 2. The fourth-order valence-corrected chi connectivity index (χ4v) is 6.52. The van der Waals surface area contributed by atoms with Gasteiger partial charge in [-0.3, -0.25) is 13.9 Å². The molecule has 1 N–H and O–H groups in total. The van der Waals surface area contributed by atoms with Crippen LogP contribution in [0.1, 0.15) is 30.5 Å². The number of rotatable bonds is 12. The molecule has 1 atom stereocenters. The first-order valence-corrected chi connectivity index (χ1v) is 16.5. The number of sulfonamides is 1. The largest absolute Gasteiger partial charge is 0.352 e. The molecule has 0 spiro atoms. The Kier molecular flexibility index (Phi) is 11.3. The van der Waals surface area contributed by atoms with Gasteiger partial charge in [-0.1, -0.05) is 89.4 Å². The molecule has 0 aliphatic carbocycles.